The molecule has 0 unspecified atom stereocenters. The highest BCUT2D eigenvalue weighted by molar-refractivity contribution is 7.21. The van der Waals surface area contributed by atoms with Gasteiger partial charge < -0.3 is 10.4 Å². The number of rotatable bonds is 3. The number of aromatic nitrogens is 2. The fourth-order valence-corrected chi connectivity index (χ4v) is 3.09. The molecule has 3 N–H and O–H groups in total. The van der Waals surface area contributed by atoms with Crippen LogP contribution in [0, 0.1) is 0 Å². The van der Waals surface area contributed by atoms with E-state index in [9.17, 15) is 9.59 Å². The molecule has 0 atom stereocenters. The zero-order valence-electron chi connectivity index (χ0n) is 9.34. The number of carbonyl (C=O) groups is 2. The predicted molar refractivity (Wildman–Crippen MR) is 73.2 cm³/mol. The van der Waals surface area contributed by atoms with E-state index in [1.165, 1.54) is 17.4 Å². The molecule has 19 heavy (non-hydrogen) atoms. The number of carbonyl (C=O) groups excluding carboxylic acids is 1. The molecule has 0 aliphatic carbocycles. The van der Waals surface area contributed by atoms with Gasteiger partial charge in [0, 0.05) is 0 Å². The van der Waals surface area contributed by atoms with Crippen molar-refractivity contribution in [3.05, 3.63) is 33.3 Å². The summed E-state index contributed by atoms with van der Waals surface area (Å²) in [6, 6.07) is 4.99. The van der Waals surface area contributed by atoms with Gasteiger partial charge >= 0.3 is 5.97 Å². The summed E-state index contributed by atoms with van der Waals surface area (Å²) in [7, 11) is 0. The monoisotopic (exact) mass is 293 g/mol. The topological polar surface area (TPSA) is 95.1 Å². The van der Waals surface area contributed by atoms with Crippen LogP contribution in [0.3, 0.4) is 0 Å². The van der Waals surface area contributed by atoms with Gasteiger partial charge in [0.25, 0.3) is 5.91 Å². The van der Waals surface area contributed by atoms with Crippen LogP contribution in [-0.2, 0) is 0 Å². The molecule has 3 aromatic heterocycles. The number of carboxylic acids is 1. The van der Waals surface area contributed by atoms with Crippen molar-refractivity contribution >= 4 is 50.6 Å². The number of anilines is 1. The number of nitrogens with zero attached hydrogens (tertiary/aromatic N) is 1. The molecule has 3 rings (SSSR count). The summed E-state index contributed by atoms with van der Waals surface area (Å²) in [6.07, 6.45) is 0. The number of aromatic amines is 1. The van der Waals surface area contributed by atoms with Crippen molar-refractivity contribution in [2.24, 2.45) is 0 Å². The Morgan fingerprint density at radius 3 is 2.89 bits per heavy atom. The number of H-pyrrole nitrogens is 1. The lowest BCUT2D eigenvalue weighted by Crippen LogP contribution is -2.10. The molecule has 0 aliphatic heterocycles. The lowest BCUT2D eigenvalue weighted by atomic mass is 10.4. The Bertz CT molecular complexity index is 757. The summed E-state index contributed by atoms with van der Waals surface area (Å²) in [4.78, 5) is 23.5. The van der Waals surface area contributed by atoms with E-state index in [1.807, 2.05) is 5.38 Å². The lowest BCUT2D eigenvalue weighted by molar-refractivity contribution is 0.0702. The molecule has 8 heteroatoms. The zero-order chi connectivity index (χ0) is 13.4. The van der Waals surface area contributed by atoms with Gasteiger partial charge in [0.15, 0.2) is 5.82 Å². The van der Waals surface area contributed by atoms with Gasteiger partial charge in [-0.05, 0) is 17.5 Å². The average Bonchev–Trinajstić information content (AvgIpc) is 3.05. The van der Waals surface area contributed by atoms with Crippen LogP contribution in [0.25, 0.3) is 10.2 Å². The summed E-state index contributed by atoms with van der Waals surface area (Å²) < 4.78 is 0.627. The van der Waals surface area contributed by atoms with E-state index < -0.39 is 5.97 Å². The predicted octanol–water partition coefficient (Wildman–Crippen LogP) is 2.64. The van der Waals surface area contributed by atoms with E-state index in [2.05, 4.69) is 15.5 Å². The molecule has 6 nitrogen and oxygen atoms in total. The lowest BCUT2D eigenvalue weighted by Gasteiger charge is -1.98. The first kappa shape index (κ1) is 11.9. The summed E-state index contributed by atoms with van der Waals surface area (Å²) in [5.74, 6) is -0.898. The van der Waals surface area contributed by atoms with Gasteiger partial charge in [-0.2, -0.15) is 5.10 Å². The van der Waals surface area contributed by atoms with Crippen molar-refractivity contribution in [1.29, 1.82) is 0 Å². The van der Waals surface area contributed by atoms with Crippen LogP contribution < -0.4 is 5.32 Å². The fraction of sp³-hybridized carbons (Fsp3) is 0. The molecule has 0 saturated heterocycles. The number of hydrogen-bond donors (Lipinski definition) is 3. The minimum absolute atomic E-state index is 0.204. The third-order valence-electron chi connectivity index (χ3n) is 2.42. The largest absolute Gasteiger partial charge is 0.477 e. The van der Waals surface area contributed by atoms with Crippen molar-refractivity contribution in [2.75, 3.05) is 5.32 Å². The molecular weight excluding hydrogens is 286 g/mol. The fourth-order valence-electron chi connectivity index (χ4n) is 1.58. The zero-order valence-corrected chi connectivity index (χ0v) is 11.0. The van der Waals surface area contributed by atoms with E-state index in [0.717, 1.165) is 11.3 Å². The second-order valence-electron chi connectivity index (χ2n) is 3.66. The standard InChI is InChI=1S/C11H7N3O3S2/c15-10(6-2-1-3-18-6)12-9-8-5(13-14-9)4-7(19-8)11(16)17/h1-4H,(H,16,17)(H2,12,13,14,15). The quantitative estimate of drug-likeness (QED) is 0.691. The van der Waals surface area contributed by atoms with Gasteiger partial charge in [-0.25, -0.2) is 4.79 Å². The van der Waals surface area contributed by atoms with Crippen molar-refractivity contribution in [2.45, 2.75) is 0 Å². The minimum atomic E-state index is -0.995. The molecular formula is C11H7N3O3S2. The summed E-state index contributed by atoms with van der Waals surface area (Å²) in [5.41, 5.74) is 0.601. The van der Waals surface area contributed by atoms with E-state index in [-0.39, 0.29) is 10.8 Å². The van der Waals surface area contributed by atoms with Gasteiger partial charge in [-0.3, -0.25) is 9.89 Å². The molecule has 96 valence electrons. The van der Waals surface area contributed by atoms with Gasteiger partial charge in [-0.15, -0.1) is 22.7 Å². The number of fused-ring (bicyclic) bond motifs is 1. The highest BCUT2D eigenvalue weighted by Gasteiger charge is 2.16. The van der Waals surface area contributed by atoms with Crippen LogP contribution in [0.2, 0.25) is 0 Å². The van der Waals surface area contributed by atoms with Crippen LogP contribution in [0.5, 0.6) is 0 Å². The Morgan fingerprint density at radius 2 is 2.21 bits per heavy atom. The first-order chi connectivity index (χ1) is 9.15. The van der Waals surface area contributed by atoms with Gasteiger partial charge in [-0.1, -0.05) is 6.07 Å². The van der Waals surface area contributed by atoms with Crippen LogP contribution in [0.15, 0.2) is 23.6 Å². The highest BCUT2D eigenvalue weighted by Crippen LogP contribution is 2.30. The smallest absolute Gasteiger partial charge is 0.345 e. The highest BCUT2D eigenvalue weighted by atomic mass is 32.1. The first-order valence-electron chi connectivity index (χ1n) is 5.21. The maximum atomic E-state index is 11.9. The van der Waals surface area contributed by atoms with E-state index in [1.54, 1.807) is 12.1 Å². The van der Waals surface area contributed by atoms with E-state index >= 15 is 0 Å². The average molecular weight is 293 g/mol. The van der Waals surface area contributed by atoms with E-state index in [0.29, 0.717) is 20.9 Å². The summed E-state index contributed by atoms with van der Waals surface area (Å²) in [6.45, 7) is 0. The first-order valence-corrected chi connectivity index (χ1v) is 6.91. The summed E-state index contributed by atoms with van der Waals surface area (Å²) in [5, 5.41) is 20.1. The van der Waals surface area contributed by atoms with Crippen LogP contribution in [0.1, 0.15) is 19.3 Å². The van der Waals surface area contributed by atoms with E-state index in [4.69, 9.17) is 5.11 Å². The molecule has 0 bridgehead atoms. The molecule has 0 spiro atoms. The van der Waals surface area contributed by atoms with Crippen molar-refractivity contribution in [3.63, 3.8) is 0 Å². The van der Waals surface area contributed by atoms with Gasteiger partial charge in [0.05, 0.1) is 15.1 Å². The Morgan fingerprint density at radius 1 is 1.37 bits per heavy atom. The van der Waals surface area contributed by atoms with Crippen molar-refractivity contribution < 1.29 is 14.7 Å². The molecule has 3 aromatic rings. The number of thiophene rings is 2. The SMILES string of the molecule is O=C(O)c1cc2[nH]nc(NC(=O)c3cccs3)c2s1. The van der Waals surface area contributed by atoms with Gasteiger partial charge in [0.1, 0.15) is 4.88 Å². The second kappa shape index (κ2) is 4.48. The summed E-state index contributed by atoms with van der Waals surface area (Å²) >= 11 is 2.40. The Balaban J connectivity index is 1.93. The normalized spacial score (nSPS) is 10.7. The number of aromatic carboxylic acids is 1. The number of carboxylic acid groups (broad SMARTS) is 1. The van der Waals surface area contributed by atoms with Crippen molar-refractivity contribution in [1.82, 2.24) is 10.2 Å². The molecule has 1 amide bonds. The van der Waals surface area contributed by atoms with Crippen LogP contribution >= 0.6 is 22.7 Å². The van der Waals surface area contributed by atoms with Crippen LogP contribution in [-0.4, -0.2) is 27.2 Å². The number of amides is 1. The number of nitrogens with one attached hydrogen (secondary N) is 2. The molecule has 0 aromatic carbocycles. The third-order valence-corrected chi connectivity index (χ3v) is 4.42. The van der Waals surface area contributed by atoms with Gasteiger partial charge in [0.2, 0.25) is 0 Å². The Kier molecular flexibility index (Phi) is 2.80. The Labute approximate surface area is 114 Å². The Hall–Kier alpha value is -2.19. The molecule has 3 heterocycles. The molecule has 0 fully saturated rings. The van der Waals surface area contributed by atoms with Crippen LogP contribution in [0.4, 0.5) is 5.82 Å². The maximum Gasteiger partial charge on any atom is 0.345 e. The molecule has 0 radical (unpaired) electrons. The third kappa shape index (κ3) is 2.11. The molecule has 0 aliphatic rings. The second-order valence-corrected chi connectivity index (χ2v) is 5.66. The molecule has 0 saturated carbocycles. The number of hydrogen-bond acceptors (Lipinski definition) is 5. The maximum absolute atomic E-state index is 11.9. The minimum Gasteiger partial charge on any atom is -0.477 e. The van der Waals surface area contributed by atoms with Crippen molar-refractivity contribution in [3.8, 4) is 0 Å².